The molecular formula is C18H16F2N4O. The molecule has 0 saturated carbocycles. The average Bonchev–Trinajstić information content (AvgIpc) is 3.22. The van der Waals surface area contributed by atoms with E-state index in [4.69, 9.17) is 0 Å². The smallest absolute Gasteiger partial charge is 0.277 e. The number of benzene rings is 1. The number of carbonyl (C=O) groups excluding carboxylic acids is 1. The molecule has 128 valence electrons. The molecule has 5 nitrogen and oxygen atoms in total. The Hall–Kier alpha value is -2.83. The second-order valence-corrected chi connectivity index (χ2v) is 6.22. The molecule has 2 heterocycles. The van der Waals surface area contributed by atoms with Gasteiger partial charge in [-0.2, -0.15) is 5.10 Å². The van der Waals surface area contributed by atoms with Crippen LogP contribution in [-0.2, 0) is 11.2 Å². The first-order valence-electron chi connectivity index (χ1n) is 8.07. The molecule has 1 unspecified atom stereocenters. The molecule has 7 heteroatoms. The van der Waals surface area contributed by atoms with Crippen molar-refractivity contribution in [3.05, 3.63) is 58.9 Å². The third kappa shape index (κ3) is 2.65. The van der Waals surface area contributed by atoms with Gasteiger partial charge in [0.25, 0.3) is 5.91 Å². The molecule has 0 radical (unpaired) electrons. The fourth-order valence-electron chi connectivity index (χ4n) is 3.35. The molecule has 3 aliphatic rings. The molecule has 1 aromatic rings. The van der Waals surface area contributed by atoms with Crippen molar-refractivity contribution >= 4 is 17.5 Å². The molecule has 25 heavy (non-hydrogen) atoms. The lowest BCUT2D eigenvalue weighted by atomic mass is 9.99. The summed E-state index contributed by atoms with van der Waals surface area (Å²) in [5.41, 5.74) is 4.80. The molecule has 0 spiro atoms. The summed E-state index contributed by atoms with van der Waals surface area (Å²) in [6.45, 7) is 0. The molecule has 1 aromatic carbocycles. The van der Waals surface area contributed by atoms with Gasteiger partial charge in [-0.1, -0.05) is 18.2 Å². The van der Waals surface area contributed by atoms with Gasteiger partial charge >= 0.3 is 0 Å². The number of nitrogens with one attached hydrogen (secondary N) is 1. The number of amides is 1. The van der Waals surface area contributed by atoms with Crippen molar-refractivity contribution < 1.29 is 13.6 Å². The molecular weight excluding hydrogens is 326 g/mol. The highest BCUT2D eigenvalue weighted by atomic mass is 19.1. The number of aliphatic imine (C=N–C) groups is 1. The quantitative estimate of drug-likeness (QED) is 0.678. The lowest BCUT2D eigenvalue weighted by molar-refractivity contribution is -0.114. The molecule has 0 aromatic heterocycles. The minimum absolute atomic E-state index is 0.0819. The van der Waals surface area contributed by atoms with E-state index in [1.54, 1.807) is 4.90 Å². The van der Waals surface area contributed by atoms with Crippen LogP contribution in [-0.4, -0.2) is 29.4 Å². The zero-order valence-electron chi connectivity index (χ0n) is 13.6. The molecule has 2 aliphatic heterocycles. The van der Waals surface area contributed by atoms with E-state index in [9.17, 15) is 13.6 Å². The number of hydrogen-bond donors (Lipinski definition) is 1. The van der Waals surface area contributed by atoms with E-state index in [1.807, 2.05) is 19.2 Å². The van der Waals surface area contributed by atoms with Crippen molar-refractivity contribution in [2.75, 3.05) is 7.05 Å². The highest BCUT2D eigenvalue weighted by molar-refractivity contribution is 6.17. The Morgan fingerprint density at radius 1 is 1.32 bits per heavy atom. The fraction of sp³-hybridized carbons (Fsp3) is 0.278. The van der Waals surface area contributed by atoms with Crippen molar-refractivity contribution in [1.29, 1.82) is 0 Å². The third-order valence-corrected chi connectivity index (χ3v) is 4.70. The number of rotatable bonds is 3. The summed E-state index contributed by atoms with van der Waals surface area (Å²) in [7, 11) is 1.81. The van der Waals surface area contributed by atoms with Crippen LogP contribution in [0, 0.1) is 17.6 Å². The zero-order chi connectivity index (χ0) is 17.6. The summed E-state index contributed by atoms with van der Waals surface area (Å²) >= 11 is 0. The third-order valence-electron chi connectivity index (χ3n) is 4.70. The number of nitrogens with zero attached hydrogens (tertiary/aromatic N) is 3. The number of allylic oxidation sites excluding steroid dienone is 2. The van der Waals surface area contributed by atoms with E-state index in [-0.39, 0.29) is 11.8 Å². The number of fused-ring (bicyclic) bond motifs is 1. The Bertz CT molecular complexity index is 885. The Balaban J connectivity index is 1.50. The first-order valence-corrected chi connectivity index (χ1v) is 8.07. The summed E-state index contributed by atoms with van der Waals surface area (Å²) in [6, 6.07) is 3.56. The van der Waals surface area contributed by atoms with E-state index in [0.29, 0.717) is 42.1 Å². The highest BCUT2D eigenvalue weighted by Gasteiger charge is 2.38. The fourth-order valence-corrected chi connectivity index (χ4v) is 3.35. The summed E-state index contributed by atoms with van der Waals surface area (Å²) in [4.78, 5) is 18.1. The maximum Gasteiger partial charge on any atom is 0.277 e. The van der Waals surface area contributed by atoms with E-state index < -0.39 is 11.6 Å². The number of amidine groups is 1. The minimum Gasteiger partial charge on any atom is -0.316 e. The van der Waals surface area contributed by atoms with Gasteiger partial charge in [0.05, 0.1) is 11.5 Å². The molecule has 1 amide bonds. The summed E-state index contributed by atoms with van der Waals surface area (Å²) in [5.74, 6) is -0.163. The van der Waals surface area contributed by atoms with Gasteiger partial charge in [0.15, 0.2) is 0 Å². The standard InChI is InChI=1S/C18H16F2N4O/c1-24-15(8-6-10-5-7-11(19)9-13(10)20)22-23-17(24)16-12-3-2-4-14(12)21-18(16)25/h2-3,5,7,9,12,23H,4,6,8H2,1H3/b17-16+. The Kier molecular flexibility index (Phi) is 3.71. The van der Waals surface area contributed by atoms with Crippen LogP contribution in [0.5, 0.6) is 0 Å². The van der Waals surface area contributed by atoms with Crippen LogP contribution in [0.3, 0.4) is 0 Å². The Labute approximate surface area is 143 Å². The highest BCUT2D eigenvalue weighted by Crippen LogP contribution is 2.33. The maximum atomic E-state index is 13.8. The van der Waals surface area contributed by atoms with Crippen molar-refractivity contribution in [2.45, 2.75) is 19.3 Å². The van der Waals surface area contributed by atoms with Crippen LogP contribution < -0.4 is 5.43 Å². The Morgan fingerprint density at radius 2 is 2.16 bits per heavy atom. The van der Waals surface area contributed by atoms with Crippen LogP contribution in [0.4, 0.5) is 8.78 Å². The second kappa shape index (κ2) is 5.91. The normalized spacial score (nSPS) is 24.5. The largest absolute Gasteiger partial charge is 0.316 e. The molecule has 1 atom stereocenters. The number of carbonyl (C=O) groups is 1. The molecule has 0 bridgehead atoms. The van der Waals surface area contributed by atoms with E-state index >= 15 is 0 Å². The summed E-state index contributed by atoms with van der Waals surface area (Å²) in [5, 5.41) is 4.26. The second-order valence-electron chi connectivity index (χ2n) is 6.22. The molecule has 4 rings (SSSR count). The lowest BCUT2D eigenvalue weighted by Crippen LogP contribution is -2.27. The van der Waals surface area contributed by atoms with Gasteiger partial charge in [-0.15, -0.1) is 0 Å². The maximum absolute atomic E-state index is 13.8. The van der Waals surface area contributed by atoms with Gasteiger partial charge in [-0.25, -0.2) is 13.8 Å². The lowest BCUT2D eigenvalue weighted by Gasteiger charge is -2.18. The predicted molar refractivity (Wildman–Crippen MR) is 89.7 cm³/mol. The van der Waals surface area contributed by atoms with Gasteiger partial charge in [0.2, 0.25) is 0 Å². The van der Waals surface area contributed by atoms with E-state index in [2.05, 4.69) is 15.5 Å². The molecule has 0 fully saturated rings. The van der Waals surface area contributed by atoms with Crippen molar-refractivity contribution in [3.8, 4) is 0 Å². The SMILES string of the molecule is CN1C(CCc2ccc(F)cc2F)=NN/C1=C1\C(=O)N=C2CC=CC21. The minimum atomic E-state index is -0.592. The average molecular weight is 342 g/mol. The van der Waals surface area contributed by atoms with Gasteiger partial charge in [0.1, 0.15) is 23.3 Å². The van der Waals surface area contributed by atoms with Gasteiger partial charge in [0, 0.05) is 31.7 Å². The van der Waals surface area contributed by atoms with E-state index in [1.165, 1.54) is 12.1 Å². The van der Waals surface area contributed by atoms with Crippen molar-refractivity contribution in [3.63, 3.8) is 0 Å². The number of hydrogen-bond acceptors (Lipinski definition) is 4. The predicted octanol–water partition coefficient (Wildman–Crippen LogP) is 2.51. The number of halogens is 2. The van der Waals surface area contributed by atoms with Gasteiger partial charge in [-0.3, -0.25) is 10.2 Å². The topological polar surface area (TPSA) is 57.1 Å². The van der Waals surface area contributed by atoms with Crippen LogP contribution in [0.25, 0.3) is 0 Å². The zero-order valence-corrected chi connectivity index (χ0v) is 13.6. The van der Waals surface area contributed by atoms with Crippen LogP contribution >= 0.6 is 0 Å². The Morgan fingerprint density at radius 3 is 2.96 bits per heavy atom. The van der Waals surface area contributed by atoms with Gasteiger partial charge in [-0.05, 0) is 18.1 Å². The summed E-state index contributed by atoms with van der Waals surface area (Å²) in [6.07, 6.45) is 5.54. The molecule has 1 N–H and O–H groups in total. The number of aryl methyl sites for hydroxylation is 1. The first-order chi connectivity index (χ1) is 12.0. The molecule has 1 aliphatic carbocycles. The summed E-state index contributed by atoms with van der Waals surface area (Å²) < 4.78 is 26.7. The van der Waals surface area contributed by atoms with Gasteiger partial charge < -0.3 is 4.90 Å². The first kappa shape index (κ1) is 15.7. The van der Waals surface area contributed by atoms with Crippen LogP contribution in [0.2, 0.25) is 0 Å². The molecule has 0 saturated heterocycles. The monoisotopic (exact) mass is 342 g/mol. The van der Waals surface area contributed by atoms with E-state index in [0.717, 1.165) is 11.8 Å². The van der Waals surface area contributed by atoms with Crippen LogP contribution in [0.15, 0.2) is 51.8 Å². The van der Waals surface area contributed by atoms with Crippen LogP contribution in [0.1, 0.15) is 18.4 Å². The van der Waals surface area contributed by atoms with Crippen molar-refractivity contribution in [2.24, 2.45) is 16.0 Å². The number of hydrazone groups is 1. The van der Waals surface area contributed by atoms with Crippen molar-refractivity contribution in [1.82, 2.24) is 10.3 Å².